The van der Waals surface area contributed by atoms with Crippen molar-refractivity contribution in [3.8, 4) is 16.3 Å². The van der Waals surface area contributed by atoms with Gasteiger partial charge >= 0.3 is 0 Å². The molecule has 5 rings (SSSR count). The number of carbonyl (C=O) groups excluding carboxylic acids is 2. The summed E-state index contributed by atoms with van der Waals surface area (Å²) in [4.78, 5) is 36.8. The van der Waals surface area contributed by atoms with Gasteiger partial charge in [0.15, 0.2) is 0 Å². The van der Waals surface area contributed by atoms with Crippen LogP contribution < -0.4 is 15.4 Å². The summed E-state index contributed by atoms with van der Waals surface area (Å²) in [6, 6.07) is 9.01. The summed E-state index contributed by atoms with van der Waals surface area (Å²) in [6.07, 6.45) is 4.57. The second kappa shape index (κ2) is 10.8. The van der Waals surface area contributed by atoms with E-state index in [0.29, 0.717) is 55.6 Å². The molecule has 182 valence electrons. The predicted octanol–water partition coefficient (Wildman–Crippen LogP) is 3.90. The number of rotatable bonds is 1. The molecule has 2 amide bonds. The van der Waals surface area contributed by atoms with Gasteiger partial charge in [-0.05, 0) is 49.6 Å². The highest BCUT2D eigenvalue weighted by molar-refractivity contribution is 7.13. The maximum atomic E-state index is 13.1. The van der Waals surface area contributed by atoms with Crippen molar-refractivity contribution < 1.29 is 19.1 Å². The van der Waals surface area contributed by atoms with E-state index in [4.69, 9.17) is 9.47 Å². The molecule has 9 nitrogen and oxygen atoms in total. The molecule has 10 heteroatoms. The molecule has 0 unspecified atom stereocenters. The summed E-state index contributed by atoms with van der Waals surface area (Å²) in [5.41, 5.74) is 2.16. The second-order valence-electron chi connectivity index (χ2n) is 8.37. The summed E-state index contributed by atoms with van der Waals surface area (Å²) in [7, 11) is 0. The normalized spacial score (nSPS) is 16.8. The molecule has 0 spiro atoms. The molecule has 3 aromatic rings. The molecule has 4 heterocycles. The van der Waals surface area contributed by atoms with E-state index in [-0.39, 0.29) is 11.8 Å². The molecule has 2 aromatic heterocycles. The molecule has 2 N–H and O–H groups in total. The minimum atomic E-state index is -0.356. The zero-order valence-electron chi connectivity index (χ0n) is 19.3. The van der Waals surface area contributed by atoms with Crippen LogP contribution in [0.25, 0.3) is 10.6 Å². The van der Waals surface area contributed by atoms with E-state index in [0.717, 1.165) is 42.2 Å². The van der Waals surface area contributed by atoms with Gasteiger partial charge in [0.1, 0.15) is 22.3 Å². The first-order valence-corrected chi connectivity index (χ1v) is 12.7. The molecular weight excluding hydrogens is 466 g/mol. The van der Waals surface area contributed by atoms with Crippen LogP contribution in [-0.4, -0.2) is 66.1 Å². The Balaban J connectivity index is 1.43. The van der Waals surface area contributed by atoms with Gasteiger partial charge in [0.05, 0.1) is 25.5 Å². The third-order valence-electron chi connectivity index (χ3n) is 5.90. The molecular formula is C25H27N5O4S. The molecule has 2 aliphatic rings. The lowest BCUT2D eigenvalue weighted by Crippen LogP contribution is -2.40. The highest BCUT2D eigenvalue weighted by atomic mass is 32.1. The minimum absolute atomic E-state index is 0.0920. The lowest BCUT2D eigenvalue weighted by Gasteiger charge is -2.27. The van der Waals surface area contributed by atoms with E-state index in [1.54, 1.807) is 34.7 Å². The van der Waals surface area contributed by atoms with Crippen LogP contribution in [0.3, 0.4) is 0 Å². The largest absolute Gasteiger partial charge is 0.491 e. The van der Waals surface area contributed by atoms with Crippen LogP contribution in [0.2, 0.25) is 0 Å². The summed E-state index contributed by atoms with van der Waals surface area (Å²) < 4.78 is 11.4. The Morgan fingerprint density at radius 3 is 2.83 bits per heavy atom. The zero-order valence-corrected chi connectivity index (χ0v) is 20.1. The number of benzene rings is 1. The van der Waals surface area contributed by atoms with E-state index in [1.165, 1.54) is 11.3 Å². The average Bonchev–Trinajstić information content (AvgIpc) is 3.39. The first-order chi connectivity index (χ1) is 17.2. The Morgan fingerprint density at radius 1 is 1.06 bits per heavy atom. The van der Waals surface area contributed by atoms with Gasteiger partial charge < -0.3 is 25.0 Å². The smallest absolute Gasteiger partial charge is 0.275 e. The summed E-state index contributed by atoms with van der Waals surface area (Å²) in [5.74, 6) is 0.871. The van der Waals surface area contributed by atoms with Crippen LogP contribution in [0.5, 0.6) is 5.75 Å². The zero-order chi connectivity index (χ0) is 24.0. The molecule has 1 aromatic carbocycles. The van der Waals surface area contributed by atoms with Crippen LogP contribution in [0, 0.1) is 0 Å². The molecule has 35 heavy (non-hydrogen) atoms. The van der Waals surface area contributed by atoms with Gasteiger partial charge in [0.2, 0.25) is 0 Å². The number of pyridine rings is 1. The number of anilines is 2. The van der Waals surface area contributed by atoms with Crippen LogP contribution in [0.15, 0.2) is 41.9 Å². The van der Waals surface area contributed by atoms with Gasteiger partial charge in [0.25, 0.3) is 11.8 Å². The number of hydrogen-bond acceptors (Lipinski definition) is 8. The molecule has 0 atom stereocenters. The fraction of sp³-hybridized carbons (Fsp3) is 0.360. The molecule has 0 aliphatic carbocycles. The number of morpholine rings is 1. The fourth-order valence-corrected chi connectivity index (χ4v) is 4.79. The number of nitrogens with zero attached hydrogens (tertiary/aromatic N) is 3. The standard InChI is InChI=1S/C25H27N5O4S/c31-23-20-16-35-24(29-20)17-6-8-27-22(15-17)26-7-2-1-3-11-34-21-5-4-18(14-19(21)28-23)25(32)30-9-12-33-13-10-30/h4-6,8,14-16H,1-3,7,9-13H2,(H,26,27)(H,28,31). The number of ether oxygens (including phenoxy) is 2. The maximum absolute atomic E-state index is 13.1. The molecule has 1 saturated heterocycles. The molecule has 2 aliphatic heterocycles. The summed E-state index contributed by atoms with van der Waals surface area (Å²) in [5, 5.41) is 8.72. The summed E-state index contributed by atoms with van der Waals surface area (Å²) >= 11 is 1.40. The van der Waals surface area contributed by atoms with Gasteiger partial charge in [-0.2, -0.15) is 0 Å². The van der Waals surface area contributed by atoms with Gasteiger partial charge in [-0.25, -0.2) is 9.97 Å². The van der Waals surface area contributed by atoms with E-state index >= 15 is 0 Å². The number of fused-ring (bicyclic) bond motifs is 6. The minimum Gasteiger partial charge on any atom is -0.491 e. The van der Waals surface area contributed by atoms with E-state index in [9.17, 15) is 9.59 Å². The highest BCUT2D eigenvalue weighted by Gasteiger charge is 2.21. The predicted molar refractivity (Wildman–Crippen MR) is 134 cm³/mol. The Kier molecular flexibility index (Phi) is 7.20. The number of thiazole rings is 1. The van der Waals surface area contributed by atoms with Crippen molar-refractivity contribution in [2.45, 2.75) is 19.3 Å². The Morgan fingerprint density at radius 2 is 1.94 bits per heavy atom. The monoisotopic (exact) mass is 493 g/mol. The lowest BCUT2D eigenvalue weighted by atomic mass is 10.1. The van der Waals surface area contributed by atoms with Gasteiger partial charge in [0, 0.05) is 42.3 Å². The fourth-order valence-electron chi connectivity index (χ4n) is 4.00. The van der Waals surface area contributed by atoms with Crippen LogP contribution >= 0.6 is 11.3 Å². The van der Waals surface area contributed by atoms with Gasteiger partial charge in [-0.15, -0.1) is 11.3 Å². The van der Waals surface area contributed by atoms with Crippen LogP contribution in [0.4, 0.5) is 11.5 Å². The summed E-state index contributed by atoms with van der Waals surface area (Å²) in [6.45, 7) is 3.46. The van der Waals surface area contributed by atoms with Gasteiger partial charge in [-0.1, -0.05) is 0 Å². The molecule has 4 bridgehead atoms. The average molecular weight is 494 g/mol. The second-order valence-corrected chi connectivity index (χ2v) is 9.23. The molecule has 1 fully saturated rings. The number of aromatic nitrogens is 2. The van der Waals surface area contributed by atoms with Crippen molar-refractivity contribution >= 4 is 34.7 Å². The third kappa shape index (κ3) is 5.60. The molecule has 0 saturated carbocycles. The third-order valence-corrected chi connectivity index (χ3v) is 6.79. The first kappa shape index (κ1) is 23.3. The van der Waals surface area contributed by atoms with E-state index in [1.807, 2.05) is 12.1 Å². The number of nitrogens with one attached hydrogen (secondary N) is 2. The van der Waals surface area contributed by atoms with Crippen molar-refractivity contribution in [2.75, 3.05) is 50.1 Å². The van der Waals surface area contributed by atoms with Crippen molar-refractivity contribution in [1.29, 1.82) is 0 Å². The van der Waals surface area contributed by atoms with E-state index in [2.05, 4.69) is 20.6 Å². The maximum Gasteiger partial charge on any atom is 0.275 e. The van der Waals surface area contributed by atoms with Crippen molar-refractivity contribution in [3.05, 3.63) is 53.2 Å². The van der Waals surface area contributed by atoms with Crippen molar-refractivity contribution in [2.24, 2.45) is 0 Å². The first-order valence-electron chi connectivity index (χ1n) is 11.8. The number of carbonyl (C=O) groups is 2. The Labute approximate surface area is 207 Å². The quantitative estimate of drug-likeness (QED) is 0.530. The van der Waals surface area contributed by atoms with E-state index < -0.39 is 0 Å². The number of amides is 2. The topological polar surface area (TPSA) is 106 Å². The number of hydrogen-bond donors (Lipinski definition) is 2. The molecule has 0 radical (unpaired) electrons. The highest BCUT2D eigenvalue weighted by Crippen LogP contribution is 2.29. The van der Waals surface area contributed by atoms with Crippen LogP contribution in [-0.2, 0) is 4.74 Å². The van der Waals surface area contributed by atoms with Gasteiger partial charge in [-0.3, -0.25) is 9.59 Å². The SMILES string of the molecule is O=C1Nc2cc(C(=O)N3CCOCC3)ccc2OCCCCCNc2cc(ccn2)-c2nc1cs2. The Bertz CT molecular complexity index is 1210. The lowest BCUT2D eigenvalue weighted by molar-refractivity contribution is 0.0303. The van der Waals surface area contributed by atoms with Crippen molar-refractivity contribution in [1.82, 2.24) is 14.9 Å². The Hall–Kier alpha value is -3.50. The van der Waals surface area contributed by atoms with Crippen LogP contribution in [0.1, 0.15) is 40.1 Å². The van der Waals surface area contributed by atoms with Crippen molar-refractivity contribution in [3.63, 3.8) is 0 Å².